The summed E-state index contributed by atoms with van der Waals surface area (Å²) in [4.78, 5) is 12.3. The molecule has 2 N–H and O–H groups in total. The molecule has 1 saturated heterocycles. The van der Waals surface area contributed by atoms with E-state index in [9.17, 15) is 13.6 Å². The highest BCUT2D eigenvalue weighted by Crippen LogP contribution is 2.46. The Labute approximate surface area is 116 Å². The minimum atomic E-state index is -0.611. The number of hydrogen-bond acceptors (Lipinski definition) is 2. The van der Waals surface area contributed by atoms with Crippen LogP contribution in [0.3, 0.4) is 0 Å². The van der Waals surface area contributed by atoms with Gasteiger partial charge in [0.15, 0.2) is 0 Å². The molecule has 1 aliphatic carbocycles. The van der Waals surface area contributed by atoms with Crippen molar-refractivity contribution in [2.24, 2.45) is 5.92 Å². The molecule has 3 nitrogen and oxygen atoms in total. The molecule has 5 heteroatoms. The summed E-state index contributed by atoms with van der Waals surface area (Å²) in [7, 11) is 0. The first-order valence-corrected chi connectivity index (χ1v) is 7.09. The zero-order valence-electron chi connectivity index (χ0n) is 11.2. The van der Waals surface area contributed by atoms with E-state index in [4.69, 9.17) is 0 Å². The highest BCUT2D eigenvalue weighted by Gasteiger charge is 2.48. The SMILES string of the molecule is O=C(NC1(c2ccc(F)cc2F)CC1)C1CCNCC1. The molecule has 1 aromatic rings. The van der Waals surface area contributed by atoms with Crippen molar-refractivity contribution in [2.45, 2.75) is 31.2 Å². The summed E-state index contributed by atoms with van der Waals surface area (Å²) in [5.41, 5.74) is -0.207. The molecule has 108 valence electrons. The lowest BCUT2D eigenvalue weighted by Crippen LogP contribution is -2.43. The van der Waals surface area contributed by atoms with Crippen molar-refractivity contribution < 1.29 is 13.6 Å². The van der Waals surface area contributed by atoms with Crippen molar-refractivity contribution >= 4 is 5.91 Å². The largest absolute Gasteiger partial charge is 0.346 e. The first kappa shape index (κ1) is 13.5. The lowest BCUT2D eigenvalue weighted by molar-refractivity contribution is -0.126. The molecule has 0 unspecified atom stereocenters. The van der Waals surface area contributed by atoms with E-state index in [0.717, 1.165) is 32.0 Å². The van der Waals surface area contributed by atoms with Gasteiger partial charge in [-0.1, -0.05) is 6.07 Å². The normalized spacial score (nSPS) is 21.5. The molecule has 1 aromatic carbocycles. The number of halogens is 2. The van der Waals surface area contributed by atoms with Crippen molar-refractivity contribution in [3.8, 4) is 0 Å². The van der Waals surface area contributed by atoms with E-state index in [-0.39, 0.29) is 11.8 Å². The van der Waals surface area contributed by atoms with Crippen LogP contribution in [0.2, 0.25) is 0 Å². The highest BCUT2D eigenvalue weighted by molar-refractivity contribution is 5.80. The fraction of sp³-hybridized carbons (Fsp3) is 0.533. The molecule has 0 bridgehead atoms. The molecule has 0 aromatic heterocycles. The molecule has 3 rings (SSSR count). The van der Waals surface area contributed by atoms with Gasteiger partial charge in [0.1, 0.15) is 11.6 Å². The van der Waals surface area contributed by atoms with Crippen LogP contribution in [-0.4, -0.2) is 19.0 Å². The summed E-state index contributed by atoms with van der Waals surface area (Å²) in [6.07, 6.45) is 3.06. The number of hydrogen-bond donors (Lipinski definition) is 2. The number of piperidine rings is 1. The molecule has 0 radical (unpaired) electrons. The number of carbonyl (C=O) groups excluding carboxylic acids is 1. The Bertz CT molecular complexity index is 523. The third kappa shape index (κ3) is 2.54. The Morgan fingerprint density at radius 3 is 2.55 bits per heavy atom. The van der Waals surface area contributed by atoms with Gasteiger partial charge in [-0.3, -0.25) is 4.79 Å². The number of rotatable bonds is 3. The average Bonchev–Trinajstić information content (AvgIpc) is 3.20. The summed E-state index contributed by atoms with van der Waals surface area (Å²) in [6.45, 7) is 1.69. The molecule has 20 heavy (non-hydrogen) atoms. The van der Waals surface area contributed by atoms with Gasteiger partial charge in [0, 0.05) is 17.5 Å². The van der Waals surface area contributed by atoms with Crippen LogP contribution in [0.15, 0.2) is 18.2 Å². The molecule has 1 aliphatic heterocycles. The smallest absolute Gasteiger partial charge is 0.223 e. The highest BCUT2D eigenvalue weighted by atomic mass is 19.1. The maximum atomic E-state index is 13.9. The van der Waals surface area contributed by atoms with Gasteiger partial charge in [-0.2, -0.15) is 0 Å². The maximum absolute atomic E-state index is 13.9. The van der Waals surface area contributed by atoms with Crippen LogP contribution in [0.1, 0.15) is 31.2 Å². The molecule has 2 fully saturated rings. The number of amides is 1. The third-order valence-corrected chi connectivity index (χ3v) is 4.27. The summed E-state index contributed by atoms with van der Waals surface area (Å²) >= 11 is 0. The van der Waals surface area contributed by atoms with Gasteiger partial charge in [0.2, 0.25) is 5.91 Å². The topological polar surface area (TPSA) is 41.1 Å². The number of benzene rings is 1. The van der Waals surface area contributed by atoms with Crippen LogP contribution >= 0.6 is 0 Å². The number of carbonyl (C=O) groups is 1. The van der Waals surface area contributed by atoms with E-state index in [1.54, 1.807) is 0 Å². The van der Waals surface area contributed by atoms with Crippen LogP contribution in [0.4, 0.5) is 8.78 Å². The van der Waals surface area contributed by atoms with E-state index in [1.165, 1.54) is 12.1 Å². The van der Waals surface area contributed by atoms with Gasteiger partial charge in [0.25, 0.3) is 0 Å². The average molecular weight is 280 g/mol. The van der Waals surface area contributed by atoms with E-state index >= 15 is 0 Å². The predicted octanol–water partition coefficient (Wildman–Crippen LogP) is 2.07. The molecule has 1 saturated carbocycles. The van der Waals surface area contributed by atoms with Crippen molar-refractivity contribution in [1.29, 1.82) is 0 Å². The zero-order chi connectivity index (χ0) is 14.2. The van der Waals surface area contributed by atoms with Crippen molar-refractivity contribution in [1.82, 2.24) is 10.6 Å². The minimum absolute atomic E-state index is 0.00256. The fourth-order valence-corrected chi connectivity index (χ4v) is 2.89. The van der Waals surface area contributed by atoms with Crippen LogP contribution in [0.25, 0.3) is 0 Å². The third-order valence-electron chi connectivity index (χ3n) is 4.27. The Balaban J connectivity index is 1.74. The molecule has 0 atom stereocenters. The van der Waals surface area contributed by atoms with E-state index in [2.05, 4.69) is 10.6 Å². The summed E-state index contributed by atoms with van der Waals surface area (Å²) in [5, 5.41) is 6.20. The molecule has 2 aliphatic rings. The van der Waals surface area contributed by atoms with Crippen LogP contribution in [0, 0.1) is 17.6 Å². The second-order valence-corrected chi connectivity index (χ2v) is 5.72. The van der Waals surface area contributed by atoms with Crippen LogP contribution < -0.4 is 10.6 Å². The van der Waals surface area contributed by atoms with Crippen LogP contribution in [-0.2, 0) is 10.3 Å². The van der Waals surface area contributed by atoms with Crippen molar-refractivity contribution in [3.63, 3.8) is 0 Å². The predicted molar refractivity (Wildman–Crippen MR) is 71.0 cm³/mol. The van der Waals surface area contributed by atoms with E-state index in [0.29, 0.717) is 18.4 Å². The van der Waals surface area contributed by atoms with Crippen molar-refractivity contribution in [3.05, 3.63) is 35.4 Å². The molecular weight excluding hydrogens is 262 g/mol. The zero-order valence-corrected chi connectivity index (χ0v) is 11.2. The first-order chi connectivity index (χ1) is 9.61. The second kappa shape index (κ2) is 5.13. The second-order valence-electron chi connectivity index (χ2n) is 5.72. The molecule has 0 spiro atoms. The quantitative estimate of drug-likeness (QED) is 0.890. The van der Waals surface area contributed by atoms with Crippen LogP contribution in [0.5, 0.6) is 0 Å². The lowest BCUT2D eigenvalue weighted by atomic mass is 9.95. The fourth-order valence-electron chi connectivity index (χ4n) is 2.89. The summed E-state index contributed by atoms with van der Waals surface area (Å²) in [6, 6.07) is 3.57. The van der Waals surface area contributed by atoms with Crippen molar-refractivity contribution in [2.75, 3.05) is 13.1 Å². The first-order valence-electron chi connectivity index (χ1n) is 7.09. The summed E-state index contributed by atoms with van der Waals surface area (Å²) < 4.78 is 26.9. The van der Waals surface area contributed by atoms with Gasteiger partial charge < -0.3 is 10.6 Å². The van der Waals surface area contributed by atoms with Gasteiger partial charge in [-0.15, -0.1) is 0 Å². The minimum Gasteiger partial charge on any atom is -0.346 e. The standard InChI is InChI=1S/C15H18F2N2O/c16-11-1-2-12(13(17)9-11)15(5-6-15)19-14(20)10-3-7-18-8-4-10/h1-2,9-10,18H,3-8H2,(H,19,20). The van der Waals surface area contributed by atoms with Gasteiger partial charge in [0.05, 0.1) is 5.54 Å². The molecular formula is C15H18F2N2O. The monoisotopic (exact) mass is 280 g/mol. The Kier molecular flexibility index (Phi) is 3.46. The molecule has 1 amide bonds. The number of nitrogens with one attached hydrogen (secondary N) is 2. The van der Waals surface area contributed by atoms with E-state index < -0.39 is 17.2 Å². The Hall–Kier alpha value is -1.49. The summed E-state index contributed by atoms with van der Waals surface area (Å²) in [5.74, 6) is -1.18. The van der Waals surface area contributed by atoms with Gasteiger partial charge in [-0.05, 0) is 44.8 Å². The van der Waals surface area contributed by atoms with Gasteiger partial charge in [-0.25, -0.2) is 8.78 Å². The Morgan fingerprint density at radius 2 is 1.95 bits per heavy atom. The maximum Gasteiger partial charge on any atom is 0.223 e. The van der Waals surface area contributed by atoms with Gasteiger partial charge >= 0.3 is 0 Å². The van der Waals surface area contributed by atoms with E-state index in [1.807, 2.05) is 0 Å². The molecule has 1 heterocycles. The Morgan fingerprint density at radius 1 is 1.25 bits per heavy atom. The lowest BCUT2D eigenvalue weighted by Gasteiger charge is -2.25.